The minimum Gasteiger partial charge on any atom is -0.392 e. The van der Waals surface area contributed by atoms with Gasteiger partial charge in [0.2, 0.25) is 0 Å². The van der Waals surface area contributed by atoms with E-state index in [0.717, 1.165) is 17.5 Å². The molecule has 0 saturated carbocycles. The van der Waals surface area contributed by atoms with Gasteiger partial charge in [-0.15, -0.1) is 11.8 Å². The lowest BCUT2D eigenvalue weighted by Gasteiger charge is -2.24. The monoisotopic (exact) mass is 346 g/mol. The van der Waals surface area contributed by atoms with Crippen LogP contribution < -0.4 is 0 Å². The zero-order valence-electron chi connectivity index (χ0n) is 12.9. The molecule has 1 aliphatic heterocycles. The van der Waals surface area contributed by atoms with Crippen LogP contribution in [-0.4, -0.2) is 27.1 Å². The van der Waals surface area contributed by atoms with Crippen molar-refractivity contribution < 1.29 is 9.84 Å². The second kappa shape index (κ2) is 8.25. The van der Waals surface area contributed by atoms with E-state index in [1.807, 2.05) is 36.4 Å². The Morgan fingerprint density at radius 2 is 1.65 bits per heavy atom. The molecule has 2 aromatic carbocycles. The summed E-state index contributed by atoms with van der Waals surface area (Å²) in [5.41, 5.74) is 2.32. The van der Waals surface area contributed by atoms with Gasteiger partial charge in [0.15, 0.2) is 0 Å². The maximum Gasteiger partial charge on any atom is 0.0742 e. The molecule has 1 heterocycles. The zero-order valence-corrected chi connectivity index (χ0v) is 14.6. The molecular formula is C19H22O2S2. The van der Waals surface area contributed by atoms with Crippen LogP contribution in [0.4, 0.5) is 0 Å². The van der Waals surface area contributed by atoms with Gasteiger partial charge in [0.05, 0.1) is 28.6 Å². The van der Waals surface area contributed by atoms with Crippen molar-refractivity contribution in [2.75, 3.05) is 0 Å². The Morgan fingerprint density at radius 3 is 2.30 bits per heavy atom. The van der Waals surface area contributed by atoms with Crippen LogP contribution in [0.15, 0.2) is 60.7 Å². The molecule has 4 atom stereocenters. The largest absolute Gasteiger partial charge is 0.392 e. The van der Waals surface area contributed by atoms with Crippen molar-refractivity contribution in [3.8, 4) is 0 Å². The highest BCUT2D eigenvalue weighted by molar-refractivity contribution is 8.11. The summed E-state index contributed by atoms with van der Waals surface area (Å²) in [5, 5.41) is 10.7. The van der Waals surface area contributed by atoms with Gasteiger partial charge in [-0.2, -0.15) is 12.6 Å². The molecule has 0 bridgehead atoms. The van der Waals surface area contributed by atoms with E-state index < -0.39 is 6.10 Å². The summed E-state index contributed by atoms with van der Waals surface area (Å²) in [5.74, 6) is 0. The van der Waals surface area contributed by atoms with Crippen LogP contribution in [0, 0.1) is 0 Å². The van der Waals surface area contributed by atoms with Gasteiger partial charge >= 0.3 is 0 Å². The Hall–Kier alpha value is -0.940. The average molecular weight is 347 g/mol. The van der Waals surface area contributed by atoms with E-state index in [1.165, 1.54) is 0 Å². The summed E-state index contributed by atoms with van der Waals surface area (Å²) in [4.78, 5) is 0. The number of aliphatic hydroxyl groups is 1. The molecule has 3 rings (SSSR count). The van der Waals surface area contributed by atoms with E-state index in [2.05, 4.69) is 36.9 Å². The predicted octanol–water partition coefficient (Wildman–Crippen LogP) is 3.94. The first-order valence-corrected chi connectivity index (χ1v) is 9.39. The molecule has 0 aliphatic carbocycles. The third-order valence-electron chi connectivity index (χ3n) is 4.09. The van der Waals surface area contributed by atoms with Crippen LogP contribution in [0.3, 0.4) is 0 Å². The molecule has 0 aromatic heterocycles. The smallest absolute Gasteiger partial charge is 0.0742 e. The fraction of sp³-hybridized carbons (Fsp3) is 0.368. The number of thiol groups is 1. The summed E-state index contributed by atoms with van der Waals surface area (Å²) in [6.07, 6.45) is 1.16. The quantitative estimate of drug-likeness (QED) is 0.777. The highest BCUT2D eigenvalue weighted by Crippen LogP contribution is 2.40. The van der Waals surface area contributed by atoms with Gasteiger partial charge in [-0.3, -0.25) is 0 Å². The van der Waals surface area contributed by atoms with E-state index in [9.17, 15) is 5.11 Å². The molecule has 2 nitrogen and oxygen atoms in total. The van der Waals surface area contributed by atoms with Gasteiger partial charge in [-0.05, 0) is 24.0 Å². The van der Waals surface area contributed by atoms with Crippen molar-refractivity contribution in [3.63, 3.8) is 0 Å². The summed E-state index contributed by atoms with van der Waals surface area (Å²) < 4.78 is 6.33. The normalized spacial score (nSPS) is 25.4. The van der Waals surface area contributed by atoms with Gasteiger partial charge in [0, 0.05) is 0 Å². The molecule has 1 fully saturated rings. The molecule has 1 saturated heterocycles. The second-order valence-corrected chi connectivity index (χ2v) is 8.24. The molecule has 2 unspecified atom stereocenters. The topological polar surface area (TPSA) is 29.5 Å². The fourth-order valence-corrected chi connectivity index (χ4v) is 4.84. The van der Waals surface area contributed by atoms with Gasteiger partial charge in [0.1, 0.15) is 0 Å². The molecular weight excluding hydrogens is 324 g/mol. The van der Waals surface area contributed by atoms with E-state index >= 15 is 0 Å². The van der Waals surface area contributed by atoms with Crippen LogP contribution >= 0.6 is 24.4 Å². The summed E-state index contributed by atoms with van der Waals surface area (Å²) >= 11 is 6.31. The van der Waals surface area contributed by atoms with Gasteiger partial charge in [-0.1, -0.05) is 60.7 Å². The van der Waals surface area contributed by atoms with Gasteiger partial charge in [-0.25, -0.2) is 0 Å². The van der Waals surface area contributed by atoms with Crippen LogP contribution in [0.2, 0.25) is 0 Å². The van der Waals surface area contributed by atoms with Crippen molar-refractivity contribution in [1.82, 2.24) is 0 Å². The summed E-state index contributed by atoms with van der Waals surface area (Å²) in [6, 6.07) is 20.3. The predicted molar refractivity (Wildman–Crippen MR) is 99.9 cm³/mol. The SMILES string of the molecule is OC(Cc1ccccc1)[C@H]1SC(S)C[C@@H]1OCc1ccccc1. The molecule has 122 valence electrons. The lowest BCUT2D eigenvalue weighted by Crippen LogP contribution is -2.34. The minimum absolute atomic E-state index is 0.0430. The zero-order chi connectivity index (χ0) is 16.1. The van der Waals surface area contributed by atoms with Crippen molar-refractivity contribution in [2.24, 2.45) is 0 Å². The molecule has 0 amide bonds. The molecule has 2 aromatic rings. The highest BCUT2D eigenvalue weighted by Gasteiger charge is 2.38. The average Bonchev–Trinajstić information content (AvgIpc) is 2.96. The highest BCUT2D eigenvalue weighted by atomic mass is 32.2. The van der Waals surface area contributed by atoms with Gasteiger partial charge < -0.3 is 9.84 Å². The third kappa shape index (κ3) is 4.77. The van der Waals surface area contributed by atoms with E-state index in [-0.39, 0.29) is 15.9 Å². The third-order valence-corrected chi connectivity index (χ3v) is 6.10. The van der Waals surface area contributed by atoms with Crippen molar-refractivity contribution in [1.29, 1.82) is 0 Å². The van der Waals surface area contributed by atoms with E-state index in [4.69, 9.17) is 4.74 Å². The number of ether oxygens (including phenoxy) is 1. The summed E-state index contributed by atoms with van der Waals surface area (Å²) in [6.45, 7) is 0.584. The number of rotatable bonds is 6. The Kier molecular flexibility index (Phi) is 6.06. The van der Waals surface area contributed by atoms with Crippen LogP contribution in [-0.2, 0) is 17.8 Å². The number of hydrogen-bond acceptors (Lipinski definition) is 4. The molecule has 23 heavy (non-hydrogen) atoms. The van der Waals surface area contributed by atoms with Crippen molar-refractivity contribution >= 4 is 24.4 Å². The molecule has 1 N–H and O–H groups in total. The fourth-order valence-electron chi connectivity index (χ4n) is 2.91. The van der Waals surface area contributed by atoms with E-state index in [0.29, 0.717) is 13.0 Å². The first-order valence-electron chi connectivity index (χ1n) is 7.93. The number of benzene rings is 2. The van der Waals surface area contributed by atoms with Crippen LogP contribution in [0.5, 0.6) is 0 Å². The number of hydrogen-bond donors (Lipinski definition) is 2. The first kappa shape index (κ1) is 16.9. The Morgan fingerprint density at radius 1 is 1.04 bits per heavy atom. The first-order chi connectivity index (χ1) is 11.2. The molecule has 4 heteroatoms. The van der Waals surface area contributed by atoms with Crippen molar-refractivity contribution in [3.05, 3.63) is 71.8 Å². The Labute approximate surface area is 147 Å². The molecule has 1 aliphatic rings. The van der Waals surface area contributed by atoms with Crippen LogP contribution in [0.1, 0.15) is 17.5 Å². The lowest BCUT2D eigenvalue weighted by molar-refractivity contribution is 0.0132. The second-order valence-electron chi connectivity index (χ2n) is 5.88. The maximum absolute atomic E-state index is 10.7. The number of aliphatic hydroxyl groups excluding tert-OH is 1. The van der Waals surface area contributed by atoms with Gasteiger partial charge in [0.25, 0.3) is 0 Å². The maximum atomic E-state index is 10.7. The molecule has 0 radical (unpaired) electrons. The van der Waals surface area contributed by atoms with Crippen LogP contribution in [0.25, 0.3) is 0 Å². The standard InChI is InChI=1S/C19H22O2S2/c20-16(11-14-7-3-1-4-8-14)19-17(12-18(22)23-19)21-13-15-9-5-2-6-10-15/h1-10,16-20,22H,11-13H2/t16?,17-,18?,19+/m0/s1. The van der Waals surface area contributed by atoms with Crippen molar-refractivity contribution in [2.45, 2.75) is 41.5 Å². The molecule has 0 spiro atoms. The Balaban J connectivity index is 1.60. The summed E-state index contributed by atoms with van der Waals surface area (Å²) in [7, 11) is 0. The van der Waals surface area contributed by atoms with E-state index in [1.54, 1.807) is 11.8 Å². The number of thioether (sulfide) groups is 1. The Bertz CT molecular complexity index is 591. The minimum atomic E-state index is -0.416. The lowest BCUT2D eigenvalue weighted by atomic mass is 10.0.